The van der Waals surface area contributed by atoms with Crippen LogP contribution in [0.15, 0.2) is 54.6 Å². The molecule has 2 fully saturated rings. The van der Waals surface area contributed by atoms with E-state index in [2.05, 4.69) is 17.0 Å². The van der Waals surface area contributed by atoms with Crippen LogP contribution in [0.5, 0.6) is 0 Å². The van der Waals surface area contributed by atoms with E-state index in [1.54, 1.807) is 24.3 Å². The van der Waals surface area contributed by atoms with Crippen molar-refractivity contribution in [3.8, 4) is 0 Å². The summed E-state index contributed by atoms with van der Waals surface area (Å²) in [6.07, 6.45) is 1.13. The van der Waals surface area contributed by atoms with Crippen molar-refractivity contribution >= 4 is 23.5 Å². The van der Waals surface area contributed by atoms with Gasteiger partial charge in [0.25, 0.3) is 5.91 Å². The fourth-order valence-electron chi connectivity index (χ4n) is 4.22. The molecule has 2 aliphatic rings. The average Bonchev–Trinajstić information content (AvgIpc) is 3.09. The Bertz CT molecular complexity index is 897. The summed E-state index contributed by atoms with van der Waals surface area (Å²) < 4.78 is 6.00. The van der Waals surface area contributed by atoms with Gasteiger partial charge >= 0.3 is 5.97 Å². The summed E-state index contributed by atoms with van der Waals surface area (Å²) in [5, 5.41) is 10.1. The molecule has 2 saturated heterocycles. The van der Waals surface area contributed by atoms with Crippen LogP contribution in [-0.2, 0) is 16.1 Å². The van der Waals surface area contributed by atoms with Crippen LogP contribution in [0.2, 0.25) is 5.02 Å². The number of carbonyl (C=O) groups is 2. The SMILES string of the molecule is O=C(O)[C@H]1COC2(CCN(Cc3ccccc3)CC2)N1C(=O)c1cccc(Cl)c1. The zero-order chi connectivity index (χ0) is 20.4. The molecule has 1 spiro atoms. The monoisotopic (exact) mass is 414 g/mol. The molecule has 1 atom stereocenters. The van der Waals surface area contributed by atoms with Crippen LogP contribution in [0.4, 0.5) is 0 Å². The summed E-state index contributed by atoms with van der Waals surface area (Å²) in [6, 6.07) is 15.8. The van der Waals surface area contributed by atoms with Gasteiger partial charge in [0.1, 0.15) is 5.72 Å². The first kappa shape index (κ1) is 19.9. The van der Waals surface area contributed by atoms with Gasteiger partial charge < -0.3 is 9.84 Å². The molecule has 4 rings (SSSR count). The average molecular weight is 415 g/mol. The van der Waals surface area contributed by atoms with Crippen molar-refractivity contribution in [2.45, 2.75) is 31.2 Å². The van der Waals surface area contributed by atoms with E-state index in [9.17, 15) is 14.7 Å². The number of carboxylic acids is 1. The lowest BCUT2D eigenvalue weighted by Crippen LogP contribution is -2.58. The fourth-order valence-corrected chi connectivity index (χ4v) is 4.41. The normalized spacial score (nSPS) is 21.4. The zero-order valence-electron chi connectivity index (χ0n) is 16.0. The Hall–Kier alpha value is -2.41. The molecule has 1 amide bonds. The van der Waals surface area contributed by atoms with Crippen LogP contribution >= 0.6 is 11.6 Å². The van der Waals surface area contributed by atoms with E-state index < -0.39 is 17.7 Å². The molecular weight excluding hydrogens is 392 g/mol. The molecule has 152 valence electrons. The first-order valence-electron chi connectivity index (χ1n) is 9.71. The first-order chi connectivity index (χ1) is 14.0. The lowest BCUT2D eigenvalue weighted by molar-refractivity contribution is -0.144. The van der Waals surface area contributed by atoms with E-state index in [1.807, 2.05) is 18.2 Å². The van der Waals surface area contributed by atoms with E-state index in [-0.39, 0.29) is 12.5 Å². The number of likely N-dealkylation sites (tertiary alicyclic amines) is 1. The number of amides is 1. The number of halogens is 1. The van der Waals surface area contributed by atoms with Crippen molar-refractivity contribution in [2.24, 2.45) is 0 Å². The summed E-state index contributed by atoms with van der Waals surface area (Å²) >= 11 is 6.04. The van der Waals surface area contributed by atoms with Crippen molar-refractivity contribution in [3.05, 3.63) is 70.7 Å². The zero-order valence-corrected chi connectivity index (χ0v) is 16.7. The van der Waals surface area contributed by atoms with Gasteiger partial charge in [0, 0.05) is 43.1 Å². The summed E-state index contributed by atoms with van der Waals surface area (Å²) in [7, 11) is 0. The van der Waals surface area contributed by atoms with E-state index >= 15 is 0 Å². The molecule has 2 aliphatic heterocycles. The number of hydrogen-bond donors (Lipinski definition) is 1. The molecule has 0 aromatic heterocycles. The maximum absolute atomic E-state index is 13.3. The maximum Gasteiger partial charge on any atom is 0.328 e. The van der Waals surface area contributed by atoms with Crippen LogP contribution in [0.1, 0.15) is 28.8 Å². The number of ether oxygens (including phenoxy) is 1. The molecule has 0 aliphatic carbocycles. The third kappa shape index (κ3) is 4.01. The Morgan fingerprint density at radius 2 is 1.83 bits per heavy atom. The highest BCUT2D eigenvalue weighted by molar-refractivity contribution is 6.31. The van der Waals surface area contributed by atoms with Gasteiger partial charge in [0.05, 0.1) is 6.61 Å². The molecule has 0 radical (unpaired) electrons. The summed E-state index contributed by atoms with van der Waals surface area (Å²) in [5.74, 6) is -1.40. The minimum Gasteiger partial charge on any atom is -0.480 e. The second-order valence-electron chi connectivity index (χ2n) is 7.56. The number of piperidine rings is 1. The highest BCUT2D eigenvalue weighted by Crippen LogP contribution is 2.39. The predicted octanol–water partition coefficient (Wildman–Crippen LogP) is 3.26. The number of carboxylic acid groups (broad SMARTS) is 1. The minimum absolute atomic E-state index is 0.000322. The summed E-state index contributed by atoms with van der Waals surface area (Å²) in [4.78, 5) is 28.8. The van der Waals surface area contributed by atoms with E-state index in [0.717, 1.165) is 19.6 Å². The molecule has 7 heteroatoms. The van der Waals surface area contributed by atoms with Gasteiger partial charge in [-0.2, -0.15) is 0 Å². The third-order valence-electron chi connectivity index (χ3n) is 5.72. The molecule has 2 aromatic carbocycles. The van der Waals surface area contributed by atoms with E-state index in [1.165, 1.54) is 10.5 Å². The summed E-state index contributed by atoms with van der Waals surface area (Å²) in [5.41, 5.74) is 0.710. The minimum atomic E-state index is -1.05. The van der Waals surface area contributed by atoms with Gasteiger partial charge in [-0.25, -0.2) is 4.79 Å². The molecule has 0 unspecified atom stereocenters. The molecule has 29 heavy (non-hydrogen) atoms. The third-order valence-corrected chi connectivity index (χ3v) is 5.96. The number of nitrogens with zero attached hydrogens (tertiary/aromatic N) is 2. The number of benzene rings is 2. The Balaban J connectivity index is 1.54. The van der Waals surface area contributed by atoms with E-state index in [0.29, 0.717) is 23.4 Å². The van der Waals surface area contributed by atoms with Crippen LogP contribution in [-0.4, -0.2) is 58.2 Å². The Kier molecular flexibility index (Phi) is 5.58. The number of aliphatic carboxylic acids is 1. The fraction of sp³-hybridized carbons (Fsp3) is 0.364. The van der Waals surface area contributed by atoms with Gasteiger partial charge in [-0.05, 0) is 23.8 Å². The van der Waals surface area contributed by atoms with Crippen molar-refractivity contribution < 1.29 is 19.4 Å². The Morgan fingerprint density at radius 1 is 1.10 bits per heavy atom. The van der Waals surface area contributed by atoms with Gasteiger partial charge in [0.2, 0.25) is 0 Å². The lowest BCUT2D eigenvalue weighted by atomic mass is 9.96. The van der Waals surface area contributed by atoms with Crippen molar-refractivity contribution in [1.82, 2.24) is 9.80 Å². The van der Waals surface area contributed by atoms with Gasteiger partial charge in [0.15, 0.2) is 6.04 Å². The van der Waals surface area contributed by atoms with Gasteiger partial charge in [-0.3, -0.25) is 14.6 Å². The molecule has 2 heterocycles. The maximum atomic E-state index is 13.3. The largest absolute Gasteiger partial charge is 0.480 e. The second-order valence-corrected chi connectivity index (χ2v) is 7.99. The van der Waals surface area contributed by atoms with Crippen LogP contribution in [0.25, 0.3) is 0 Å². The number of rotatable bonds is 4. The lowest BCUT2D eigenvalue weighted by Gasteiger charge is -2.44. The molecule has 0 bridgehead atoms. The molecular formula is C22H23ClN2O4. The first-order valence-corrected chi connectivity index (χ1v) is 10.1. The van der Waals surface area contributed by atoms with Crippen molar-refractivity contribution in [2.75, 3.05) is 19.7 Å². The molecule has 2 aromatic rings. The van der Waals surface area contributed by atoms with Gasteiger partial charge in [-0.1, -0.05) is 48.0 Å². The standard InChI is InChI=1S/C22H23ClN2O4/c23-18-8-4-7-17(13-18)20(26)25-19(21(27)28)15-29-22(25)9-11-24(12-10-22)14-16-5-2-1-3-6-16/h1-8,13,19H,9-12,14-15H2,(H,27,28)/t19-/m1/s1. The second kappa shape index (κ2) is 8.14. The molecule has 0 saturated carbocycles. The number of carbonyl (C=O) groups excluding carboxylic acids is 1. The van der Waals surface area contributed by atoms with Crippen molar-refractivity contribution in [1.29, 1.82) is 0 Å². The van der Waals surface area contributed by atoms with E-state index in [4.69, 9.17) is 16.3 Å². The highest BCUT2D eigenvalue weighted by atomic mass is 35.5. The smallest absolute Gasteiger partial charge is 0.328 e. The van der Waals surface area contributed by atoms with Crippen LogP contribution in [0.3, 0.4) is 0 Å². The van der Waals surface area contributed by atoms with Crippen molar-refractivity contribution in [3.63, 3.8) is 0 Å². The van der Waals surface area contributed by atoms with Crippen LogP contribution in [0, 0.1) is 0 Å². The number of hydrogen-bond acceptors (Lipinski definition) is 4. The molecule has 1 N–H and O–H groups in total. The quantitative estimate of drug-likeness (QED) is 0.831. The highest BCUT2D eigenvalue weighted by Gasteiger charge is 2.54. The summed E-state index contributed by atoms with van der Waals surface area (Å²) in [6.45, 7) is 2.27. The van der Waals surface area contributed by atoms with Gasteiger partial charge in [-0.15, -0.1) is 0 Å². The Labute approximate surface area is 174 Å². The topological polar surface area (TPSA) is 70.1 Å². The Morgan fingerprint density at radius 3 is 2.48 bits per heavy atom. The van der Waals surface area contributed by atoms with Crippen LogP contribution < -0.4 is 0 Å². The molecule has 6 nitrogen and oxygen atoms in total. The predicted molar refractivity (Wildman–Crippen MR) is 109 cm³/mol.